The van der Waals surface area contributed by atoms with Crippen LogP contribution in [-0.2, 0) is 19.6 Å². The number of benzene rings is 1. The average molecular weight is 399 g/mol. The third kappa shape index (κ3) is 5.25. The Labute approximate surface area is 159 Å². The lowest BCUT2D eigenvalue weighted by Gasteiger charge is -2.31. The summed E-state index contributed by atoms with van der Waals surface area (Å²) in [5.41, 5.74) is 0. The Morgan fingerprint density at radius 3 is 2.59 bits per heavy atom. The van der Waals surface area contributed by atoms with E-state index in [1.807, 2.05) is 0 Å². The predicted octanol–water partition coefficient (Wildman–Crippen LogP) is 0.675. The molecule has 0 unspecified atom stereocenters. The SMILES string of the molecule is O=C(NCCN1CCOCC1)[C@@H]1CCCN(S(=O)(=O)c2ccc(F)cc2)C1. The first kappa shape index (κ1) is 20.2. The van der Waals surface area contributed by atoms with E-state index in [0.29, 0.717) is 39.1 Å². The first-order valence-electron chi connectivity index (χ1n) is 9.30. The Morgan fingerprint density at radius 2 is 1.89 bits per heavy atom. The van der Waals surface area contributed by atoms with Crippen LogP contribution in [0.15, 0.2) is 29.2 Å². The van der Waals surface area contributed by atoms with E-state index in [-0.39, 0.29) is 23.3 Å². The molecule has 0 aliphatic carbocycles. The summed E-state index contributed by atoms with van der Waals surface area (Å²) in [6.07, 6.45) is 1.29. The molecule has 1 aromatic rings. The summed E-state index contributed by atoms with van der Waals surface area (Å²) in [7, 11) is -3.72. The Morgan fingerprint density at radius 1 is 1.19 bits per heavy atom. The van der Waals surface area contributed by atoms with E-state index in [4.69, 9.17) is 4.74 Å². The molecule has 1 N–H and O–H groups in total. The highest BCUT2D eigenvalue weighted by molar-refractivity contribution is 7.89. The molecule has 2 aliphatic rings. The molecule has 0 radical (unpaired) electrons. The number of morpholine rings is 1. The zero-order valence-electron chi connectivity index (χ0n) is 15.3. The maximum atomic E-state index is 13.1. The Balaban J connectivity index is 1.53. The van der Waals surface area contributed by atoms with E-state index in [1.165, 1.54) is 16.4 Å². The largest absolute Gasteiger partial charge is 0.379 e. The first-order chi connectivity index (χ1) is 13.0. The van der Waals surface area contributed by atoms with Gasteiger partial charge in [0.1, 0.15) is 5.82 Å². The number of ether oxygens (including phenoxy) is 1. The van der Waals surface area contributed by atoms with Gasteiger partial charge in [-0.1, -0.05) is 0 Å². The molecule has 7 nitrogen and oxygen atoms in total. The molecular weight excluding hydrogens is 373 g/mol. The molecule has 2 aliphatic heterocycles. The Hall–Kier alpha value is -1.55. The average Bonchev–Trinajstić information content (AvgIpc) is 2.69. The third-order valence-electron chi connectivity index (χ3n) is 5.04. The van der Waals surface area contributed by atoms with Crippen LogP contribution in [0.5, 0.6) is 0 Å². The summed E-state index contributed by atoms with van der Waals surface area (Å²) in [6.45, 7) is 4.99. The van der Waals surface area contributed by atoms with E-state index >= 15 is 0 Å². The van der Waals surface area contributed by atoms with Gasteiger partial charge in [0.15, 0.2) is 0 Å². The number of nitrogens with zero attached hydrogens (tertiary/aromatic N) is 2. The van der Waals surface area contributed by atoms with Gasteiger partial charge in [-0.15, -0.1) is 0 Å². The smallest absolute Gasteiger partial charge is 0.243 e. The van der Waals surface area contributed by atoms with Crippen LogP contribution < -0.4 is 5.32 Å². The van der Waals surface area contributed by atoms with Crippen LogP contribution in [0.1, 0.15) is 12.8 Å². The van der Waals surface area contributed by atoms with Crippen LogP contribution >= 0.6 is 0 Å². The van der Waals surface area contributed by atoms with Gasteiger partial charge >= 0.3 is 0 Å². The Kier molecular flexibility index (Phi) is 6.80. The molecule has 0 bridgehead atoms. The van der Waals surface area contributed by atoms with Gasteiger partial charge in [0.05, 0.1) is 24.0 Å². The van der Waals surface area contributed by atoms with Crippen LogP contribution in [-0.4, -0.2) is 76.0 Å². The fourth-order valence-corrected chi connectivity index (χ4v) is 4.96. The van der Waals surface area contributed by atoms with Crippen LogP contribution in [0.2, 0.25) is 0 Å². The van der Waals surface area contributed by atoms with E-state index < -0.39 is 15.8 Å². The maximum absolute atomic E-state index is 13.1. The number of hydrogen-bond acceptors (Lipinski definition) is 5. The second kappa shape index (κ2) is 9.09. The van der Waals surface area contributed by atoms with Gasteiger partial charge in [0.25, 0.3) is 0 Å². The number of sulfonamides is 1. The molecule has 2 heterocycles. The van der Waals surface area contributed by atoms with Gasteiger partial charge in [0, 0.05) is 39.3 Å². The minimum atomic E-state index is -3.72. The van der Waals surface area contributed by atoms with Crippen LogP contribution in [0.3, 0.4) is 0 Å². The zero-order chi connectivity index (χ0) is 19.3. The molecule has 150 valence electrons. The van der Waals surface area contributed by atoms with Gasteiger partial charge < -0.3 is 10.1 Å². The molecule has 3 rings (SSSR count). The second-order valence-corrected chi connectivity index (χ2v) is 8.84. The van der Waals surface area contributed by atoms with Crippen molar-refractivity contribution >= 4 is 15.9 Å². The molecule has 0 aromatic heterocycles. The molecule has 27 heavy (non-hydrogen) atoms. The lowest BCUT2D eigenvalue weighted by atomic mass is 9.99. The van der Waals surface area contributed by atoms with Gasteiger partial charge in [-0.2, -0.15) is 4.31 Å². The van der Waals surface area contributed by atoms with Crippen molar-refractivity contribution in [1.82, 2.24) is 14.5 Å². The number of hydrogen-bond donors (Lipinski definition) is 1. The van der Waals surface area contributed by atoms with E-state index in [0.717, 1.165) is 31.8 Å². The fourth-order valence-electron chi connectivity index (χ4n) is 3.44. The van der Waals surface area contributed by atoms with Crippen molar-refractivity contribution in [3.05, 3.63) is 30.1 Å². The first-order valence-corrected chi connectivity index (χ1v) is 10.7. The quantitative estimate of drug-likeness (QED) is 0.761. The number of carbonyl (C=O) groups excluding carboxylic acids is 1. The van der Waals surface area contributed by atoms with Crippen LogP contribution in [0, 0.1) is 11.7 Å². The minimum absolute atomic E-state index is 0.0530. The molecule has 2 saturated heterocycles. The van der Waals surface area contributed by atoms with Gasteiger partial charge in [0.2, 0.25) is 15.9 Å². The van der Waals surface area contributed by atoms with Crippen LogP contribution in [0.25, 0.3) is 0 Å². The highest BCUT2D eigenvalue weighted by Gasteiger charge is 2.33. The van der Waals surface area contributed by atoms with Crippen molar-refractivity contribution in [2.45, 2.75) is 17.7 Å². The third-order valence-corrected chi connectivity index (χ3v) is 6.92. The lowest BCUT2D eigenvalue weighted by Crippen LogP contribution is -2.47. The Bertz CT molecular complexity index is 735. The summed E-state index contributed by atoms with van der Waals surface area (Å²) in [5.74, 6) is -0.953. The standard InChI is InChI=1S/C18H26FN3O4S/c19-16-3-5-17(6-4-16)27(24,25)22-8-1-2-15(14-22)18(23)20-7-9-21-10-12-26-13-11-21/h3-6,15H,1-2,7-14H2,(H,20,23)/t15-/m1/s1. The molecule has 0 saturated carbocycles. The molecule has 2 fully saturated rings. The number of nitrogens with one attached hydrogen (secondary N) is 1. The maximum Gasteiger partial charge on any atom is 0.243 e. The van der Waals surface area contributed by atoms with Crippen molar-refractivity contribution in [1.29, 1.82) is 0 Å². The van der Waals surface area contributed by atoms with Gasteiger partial charge in [-0.25, -0.2) is 12.8 Å². The highest BCUT2D eigenvalue weighted by Crippen LogP contribution is 2.24. The van der Waals surface area contributed by atoms with Crippen molar-refractivity contribution in [3.63, 3.8) is 0 Å². The summed E-state index contributed by atoms with van der Waals surface area (Å²) >= 11 is 0. The van der Waals surface area contributed by atoms with Crippen molar-refractivity contribution in [2.24, 2.45) is 5.92 Å². The van der Waals surface area contributed by atoms with E-state index in [1.54, 1.807) is 0 Å². The minimum Gasteiger partial charge on any atom is -0.379 e. The lowest BCUT2D eigenvalue weighted by molar-refractivity contribution is -0.126. The summed E-state index contributed by atoms with van der Waals surface area (Å²) in [6, 6.07) is 4.78. The normalized spacial score (nSPS) is 22.5. The summed E-state index contributed by atoms with van der Waals surface area (Å²) in [4.78, 5) is 14.8. The number of amides is 1. The fraction of sp³-hybridized carbons (Fsp3) is 0.611. The number of halogens is 1. The molecule has 9 heteroatoms. The second-order valence-electron chi connectivity index (χ2n) is 6.90. The van der Waals surface area contributed by atoms with Crippen molar-refractivity contribution in [2.75, 3.05) is 52.5 Å². The topological polar surface area (TPSA) is 79.0 Å². The van der Waals surface area contributed by atoms with Crippen molar-refractivity contribution in [3.8, 4) is 0 Å². The molecular formula is C18H26FN3O4S. The molecule has 0 spiro atoms. The van der Waals surface area contributed by atoms with E-state index in [2.05, 4.69) is 10.2 Å². The summed E-state index contributed by atoms with van der Waals surface area (Å²) in [5, 5.41) is 2.93. The number of carbonyl (C=O) groups is 1. The number of piperidine rings is 1. The molecule has 1 aromatic carbocycles. The monoisotopic (exact) mass is 399 g/mol. The van der Waals surface area contributed by atoms with Crippen molar-refractivity contribution < 1.29 is 22.3 Å². The van der Waals surface area contributed by atoms with E-state index in [9.17, 15) is 17.6 Å². The summed E-state index contributed by atoms with van der Waals surface area (Å²) < 4.78 is 45.2. The van der Waals surface area contributed by atoms with Crippen LogP contribution in [0.4, 0.5) is 4.39 Å². The molecule has 1 amide bonds. The molecule has 1 atom stereocenters. The predicted molar refractivity (Wildman–Crippen MR) is 98.2 cm³/mol. The highest BCUT2D eigenvalue weighted by atomic mass is 32.2. The zero-order valence-corrected chi connectivity index (χ0v) is 16.1. The number of rotatable bonds is 6. The van der Waals surface area contributed by atoms with Gasteiger partial charge in [-0.3, -0.25) is 9.69 Å². The van der Waals surface area contributed by atoms with Gasteiger partial charge in [-0.05, 0) is 37.1 Å².